The van der Waals surface area contributed by atoms with Crippen LogP contribution in [0, 0.1) is 0 Å². The molecule has 0 bridgehead atoms. The Morgan fingerprint density at radius 3 is 2.94 bits per heavy atom. The maximum atomic E-state index is 11.5. The Balaban J connectivity index is 2.43. The number of nitrogens with one attached hydrogen (secondary N) is 2. The molecule has 0 fully saturated rings. The van der Waals surface area contributed by atoms with Crippen molar-refractivity contribution in [3.8, 4) is 5.75 Å². The molecular formula is C12H18N2O2. The first kappa shape index (κ1) is 12.5. The summed E-state index contributed by atoms with van der Waals surface area (Å²) < 4.78 is 5.07. The topological polar surface area (TPSA) is 50.4 Å². The smallest absolute Gasteiger partial charge is 0.224 e. The van der Waals surface area contributed by atoms with Gasteiger partial charge in [0.05, 0.1) is 7.11 Å². The van der Waals surface area contributed by atoms with Crippen molar-refractivity contribution in [2.45, 2.75) is 12.8 Å². The van der Waals surface area contributed by atoms with Crippen LogP contribution in [-0.4, -0.2) is 26.6 Å². The van der Waals surface area contributed by atoms with Gasteiger partial charge >= 0.3 is 0 Å². The molecule has 1 amide bonds. The number of hydrogen-bond donors (Lipinski definition) is 2. The molecule has 0 aromatic heterocycles. The first-order chi connectivity index (χ1) is 7.76. The number of methoxy groups -OCH3 is 1. The second kappa shape index (κ2) is 6.85. The fourth-order valence-corrected chi connectivity index (χ4v) is 1.35. The van der Waals surface area contributed by atoms with Crippen molar-refractivity contribution in [3.63, 3.8) is 0 Å². The summed E-state index contributed by atoms with van der Waals surface area (Å²) in [7, 11) is 3.48. The van der Waals surface area contributed by atoms with Gasteiger partial charge in [0.15, 0.2) is 0 Å². The van der Waals surface area contributed by atoms with Gasteiger partial charge in [0.25, 0.3) is 0 Å². The van der Waals surface area contributed by atoms with Crippen LogP contribution in [0.15, 0.2) is 24.3 Å². The number of carbonyl (C=O) groups is 1. The molecule has 4 heteroatoms. The van der Waals surface area contributed by atoms with Crippen LogP contribution in [0.2, 0.25) is 0 Å². The summed E-state index contributed by atoms with van der Waals surface area (Å²) in [6.07, 6.45) is 1.37. The van der Waals surface area contributed by atoms with Gasteiger partial charge in [0.1, 0.15) is 5.75 Å². The van der Waals surface area contributed by atoms with Gasteiger partial charge in [0.2, 0.25) is 5.91 Å². The standard InChI is InChI=1S/C12H18N2O2/c1-13-8-4-7-12(15)14-10-5-3-6-11(9-10)16-2/h3,5-6,9,13H,4,7-8H2,1-2H3,(H,14,15). The third-order valence-electron chi connectivity index (χ3n) is 2.18. The fraction of sp³-hybridized carbons (Fsp3) is 0.417. The lowest BCUT2D eigenvalue weighted by Crippen LogP contribution is -2.15. The number of ether oxygens (including phenoxy) is 1. The molecule has 4 nitrogen and oxygen atoms in total. The molecule has 0 heterocycles. The van der Waals surface area contributed by atoms with E-state index in [0.29, 0.717) is 6.42 Å². The summed E-state index contributed by atoms with van der Waals surface area (Å²) in [6, 6.07) is 7.34. The molecule has 0 radical (unpaired) electrons. The van der Waals surface area contributed by atoms with Gasteiger partial charge in [-0.1, -0.05) is 6.07 Å². The van der Waals surface area contributed by atoms with Gasteiger partial charge in [-0.05, 0) is 32.1 Å². The van der Waals surface area contributed by atoms with Crippen LogP contribution in [0.4, 0.5) is 5.69 Å². The number of anilines is 1. The summed E-state index contributed by atoms with van der Waals surface area (Å²) >= 11 is 0. The molecule has 0 aliphatic heterocycles. The largest absolute Gasteiger partial charge is 0.497 e. The minimum atomic E-state index is 0.0310. The van der Waals surface area contributed by atoms with E-state index in [2.05, 4.69) is 10.6 Å². The van der Waals surface area contributed by atoms with Crippen molar-refractivity contribution in [3.05, 3.63) is 24.3 Å². The van der Waals surface area contributed by atoms with E-state index in [1.165, 1.54) is 0 Å². The Kier molecular flexibility index (Phi) is 5.36. The Labute approximate surface area is 96.0 Å². The van der Waals surface area contributed by atoms with E-state index in [0.717, 1.165) is 24.4 Å². The van der Waals surface area contributed by atoms with Crippen LogP contribution in [0.1, 0.15) is 12.8 Å². The minimum Gasteiger partial charge on any atom is -0.497 e. The lowest BCUT2D eigenvalue weighted by Gasteiger charge is -2.06. The van der Waals surface area contributed by atoms with Crippen LogP contribution in [-0.2, 0) is 4.79 Å². The van der Waals surface area contributed by atoms with Gasteiger partial charge in [-0.2, -0.15) is 0 Å². The highest BCUT2D eigenvalue weighted by molar-refractivity contribution is 5.90. The molecule has 0 saturated carbocycles. The molecule has 16 heavy (non-hydrogen) atoms. The van der Waals surface area contributed by atoms with Gasteiger partial charge in [-0.15, -0.1) is 0 Å². The molecular weight excluding hydrogens is 204 g/mol. The number of benzene rings is 1. The lowest BCUT2D eigenvalue weighted by atomic mass is 10.2. The molecule has 0 atom stereocenters. The van der Waals surface area contributed by atoms with Gasteiger partial charge < -0.3 is 15.4 Å². The molecule has 0 unspecified atom stereocenters. The maximum Gasteiger partial charge on any atom is 0.224 e. The van der Waals surface area contributed by atoms with Crippen LogP contribution >= 0.6 is 0 Å². The molecule has 0 saturated heterocycles. The zero-order valence-corrected chi connectivity index (χ0v) is 9.75. The van der Waals surface area contributed by atoms with Gasteiger partial charge in [0, 0.05) is 18.2 Å². The Morgan fingerprint density at radius 1 is 1.44 bits per heavy atom. The second-order valence-electron chi connectivity index (χ2n) is 3.49. The van der Waals surface area contributed by atoms with Crippen molar-refractivity contribution >= 4 is 11.6 Å². The number of rotatable bonds is 6. The average Bonchev–Trinajstić information content (AvgIpc) is 2.29. The zero-order valence-electron chi connectivity index (χ0n) is 9.75. The van der Waals surface area contributed by atoms with Crippen LogP contribution in [0.25, 0.3) is 0 Å². The highest BCUT2D eigenvalue weighted by atomic mass is 16.5. The summed E-state index contributed by atoms with van der Waals surface area (Å²) in [4.78, 5) is 11.5. The minimum absolute atomic E-state index is 0.0310. The fourth-order valence-electron chi connectivity index (χ4n) is 1.35. The van der Waals surface area contributed by atoms with Crippen LogP contribution in [0.5, 0.6) is 5.75 Å². The highest BCUT2D eigenvalue weighted by Crippen LogP contribution is 2.16. The predicted octanol–water partition coefficient (Wildman–Crippen LogP) is 1.63. The Bertz CT molecular complexity index is 340. The summed E-state index contributed by atoms with van der Waals surface area (Å²) in [5.74, 6) is 0.775. The SMILES string of the molecule is CNCCCC(=O)Nc1cccc(OC)c1. The van der Waals surface area contributed by atoms with E-state index in [1.54, 1.807) is 13.2 Å². The molecule has 0 spiro atoms. The Hall–Kier alpha value is -1.55. The second-order valence-corrected chi connectivity index (χ2v) is 3.49. The number of amides is 1. The third kappa shape index (κ3) is 4.31. The maximum absolute atomic E-state index is 11.5. The zero-order chi connectivity index (χ0) is 11.8. The van der Waals surface area contributed by atoms with Crippen molar-refractivity contribution < 1.29 is 9.53 Å². The molecule has 1 rings (SSSR count). The molecule has 0 aliphatic carbocycles. The molecule has 1 aromatic carbocycles. The third-order valence-corrected chi connectivity index (χ3v) is 2.18. The summed E-state index contributed by atoms with van der Waals surface area (Å²) in [6.45, 7) is 0.853. The van der Waals surface area contributed by atoms with E-state index in [-0.39, 0.29) is 5.91 Å². The normalized spacial score (nSPS) is 9.88. The predicted molar refractivity (Wildman–Crippen MR) is 64.8 cm³/mol. The first-order valence-electron chi connectivity index (χ1n) is 5.34. The van der Waals surface area contributed by atoms with Crippen molar-refractivity contribution in [2.75, 3.05) is 26.0 Å². The van der Waals surface area contributed by atoms with Gasteiger partial charge in [-0.3, -0.25) is 4.79 Å². The van der Waals surface area contributed by atoms with Crippen molar-refractivity contribution in [1.29, 1.82) is 0 Å². The van der Waals surface area contributed by atoms with Crippen molar-refractivity contribution in [1.82, 2.24) is 5.32 Å². The van der Waals surface area contributed by atoms with Crippen LogP contribution in [0.3, 0.4) is 0 Å². The van der Waals surface area contributed by atoms with E-state index < -0.39 is 0 Å². The van der Waals surface area contributed by atoms with E-state index in [9.17, 15) is 4.79 Å². The van der Waals surface area contributed by atoms with Crippen LogP contribution < -0.4 is 15.4 Å². The van der Waals surface area contributed by atoms with Crippen molar-refractivity contribution in [2.24, 2.45) is 0 Å². The lowest BCUT2D eigenvalue weighted by molar-refractivity contribution is -0.116. The monoisotopic (exact) mass is 222 g/mol. The quantitative estimate of drug-likeness (QED) is 0.719. The highest BCUT2D eigenvalue weighted by Gasteiger charge is 2.02. The van der Waals surface area contributed by atoms with E-state index >= 15 is 0 Å². The molecule has 2 N–H and O–H groups in total. The number of hydrogen-bond acceptors (Lipinski definition) is 3. The summed E-state index contributed by atoms with van der Waals surface area (Å²) in [5, 5.41) is 5.83. The van der Waals surface area contributed by atoms with E-state index in [4.69, 9.17) is 4.74 Å². The summed E-state index contributed by atoms with van der Waals surface area (Å²) in [5.41, 5.74) is 0.772. The average molecular weight is 222 g/mol. The molecule has 88 valence electrons. The van der Waals surface area contributed by atoms with E-state index in [1.807, 2.05) is 25.2 Å². The molecule has 0 aliphatic rings. The van der Waals surface area contributed by atoms with Gasteiger partial charge in [-0.25, -0.2) is 0 Å². The number of carbonyl (C=O) groups excluding carboxylic acids is 1. The first-order valence-corrected chi connectivity index (χ1v) is 5.34. The Morgan fingerprint density at radius 2 is 2.25 bits per heavy atom. The molecule has 1 aromatic rings.